The average Bonchev–Trinajstić information content (AvgIpc) is 2.67. The number of benzene rings is 3. The Kier molecular flexibility index (Phi) is 6.16. The number of alkyl halides is 2. The van der Waals surface area contributed by atoms with Crippen molar-refractivity contribution < 1.29 is 8.78 Å². The SMILES string of the molecule is Cc1ccc(C#Cc2ccc(C#Cc3ccc(C)cc3)c(CC(C)(F)F)c2)cc1. The summed E-state index contributed by atoms with van der Waals surface area (Å²) >= 11 is 0. The highest BCUT2D eigenvalue weighted by molar-refractivity contribution is 5.52. The average molecular weight is 384 g/mol. The fourth-order valence-corrected chi connectivity index (χ4v) is 2.83. The zero-order chi connectivity index (χ0) is 20.9. The molecule has 0 saturated carbocycles. The second kappa shape index (κ2) is 8.76. The molecule has 29 heavy (non-hydrogen) atoms. The molecule has 0 aliphatic heterocycles. The molecular formula is C27H22F2. The van der Waals surface area contributed by atoms with Crippen molar-refractivity contribution in [1.29, 1.82) is 0 Å². The first-order valence-electron chi connectivity index (χ1n) is 9.47. The van der Waals surface area contributed by atoms with Gasteiger partial charge in [-0.05, 0) is 68.8 Å². The molecule has 3 aromatic carbocycles. The van der Waals surface area contributed by atoms with Crippen molar-refractivity contribution in [2.24, 2.45) is 0 Å². The second-order valence-corrected chi connectivity index (χ2v) is 7.35. The molecule has 0 bridgehead atoms. The van der Waals surface area contributed by atoms with Crippen molar-refractivity contribution in [2.75, 3.05) is 0 Å². The van der Waals surface area contributed by atoms with E-state index < -0.39 is 5.92 Å². The van der Waals surface area contributed by atoms with Crippen LogP contribution in [-0.2, 0) is 6.42 Å². The van der Waals surface area contributed by atoms with Crippen LogP contribution in [-0.4, -0.2) is 5.92 Å². The number of aryl methyl sites for hydroxylation is 2. The van der Waals surface area contributed by atoms with Crippen LogP contribution in [0.4, 0.5) is 8.78 Å². The van der Waals surface area contributed by atoms with E-state index in [0.717, 1.165) is 23.6 Å². The highest BCUT2D eigenvalue weighted by atomic mass is 19.3. The number of halogens is 2. The van der Waals surface area contributed by atoms with Gasteiger partial charge in [0.2, 0.25) is 5.92 Å². The van der Waals surface area contributed by atoms with Gasteiger partial charge in [0, 0.05) is 28.7 Å². The van der Waals surface area contributed by atoms with E-state index in [-0.39, 0.29) is 6.42 Å². The largest absolute Gasteiger partial charge is 0.249 e. The maximum absolute atomic E-state index is 13.7. The van der Waals surface area contributed by atoms with Gasteiger partial charge in [-0.3, -0.25) is 0 Å². The molecule has 0 aromatic heterocycles. The monoisotopic (exact) mass is 384 g/mol. The molecule has 0 saturated heterocycles. The van der Waals surface area contributed by atoms with Crippen molar-refractivity contribution in [2.45, 2.75) is 33.1 Å². The molecule has 0 fully saturated rings. The summed E-state index contributed by atoms with van der Waals surface area (Å²) in [6.45, 7) is 4.95. The van der Waals surface area contributed by atoms with E-state index in [0.29, 0.717) is 16.7 Å². The summed E-state index contributed by atoms with van der Waals surface area (Å²) in [6, 6.07) is 21.0. The fraction of sp³-hybridized carbons (Fsp3) is 0.185. The molecule has 0 N–H and O–H groups in total. The Bertz CT molecular complexity index is 1110. The van der Waals surface area contributed by atoms with Gasteiger partial charge in [-0.15, -0.1) is 0 Å². The van der Waals surface area contributed by atoms with Crippen LogP contribution in [0.25, 0.3) is 0 Å². The summed E-state index contributed by atoms with van der Waals surface area (Å²) in [5.41, 5.74) is 5.87. The highest BCUT2D eigenvalue weighted by Gasteiger charge is 2.23. The molecule has 0 atom stereocenters. The molecule has 0 aliphatic rings. The van der Waals surface area contributed by atoms with Crippen LogP contribution < -0.4 is 0 Å². The third kappa shape index (κ3) is 6.34. The minimum Gasteiger partial charge on any atom is -0.207 e. The molecule has 0 radical (unpaired) electrons. The summed E-state index contributed by atoms with van der Waals surface area (Å²) in [5, 5.41) is 0. The van der Waals surface area contributed by atoms with Crippen LogP contribution in [0, 0.1) is 37.5 Å². The molecule has 144 valence electrons. The van der Waals surface area contributed by atoms with Crippen molar-refractivity contribution >= 4 is 0 Å². The Morgan fingerprint density at radius 1 is 0.655 bits per heavy atom. The predicted molar refractivity (Wildman–Crippen MR) is 115 cm³/mol. The number of rotatable bonds is 2. The molecule has 3 aromatic rings. The Hall–Kier alpha value is -3.36. The number of hydrogen-bond donors (Lipinski definition) is 0. The van der Waals surface area contributed by atoms with E-state index in [1.165, 1.54) is 5.56 Å². The smallest absolute Gasteiger partial charge is 0.207 e. The van der Waals surface area contributed by atoms with E-state index in [4.69, 9.17) is 0 Å². The highest BCUT2D eigenvalue weighted by Crippen LogP contribution is 2.22. The lowest BCUT2D eigenvalue weighted by atomic mass is 9.98. The van der Waals surface area contributed by atoms with E-state index in [1.54, 1.807) is 12.1 Å². The van der Waals surface area contributed by atoms with Gasteiger partial charge in [0.25, 0.3) is 0 Å². The van der Waals surface area contributed by atoms with Crippen LogP contribution >= 0.6 is 0 Å². The summed E-state index contributed by atoms with van der Waals surface area (Å²) < 4.78 is 27.5. The summed E-state index contributed by atoms with van der Waals surface area (Å²) in [4.78, 5) is 0. The second-order valence-electron chi connectivity index (χ2n) is 7.35. The zero-order valence-corrected chi connectivity index (χ0v) is 16.8. The quantitative estimate of drug-likeness (QED) is 0.455. The zero-order valence-electron chi connectivity index (χ0n) is 16.8. The van der Waals surface area contributed by atoms with Crippen molar-refractivity contribution in [3.63, 3.8) is 0 Å². The lowest BCUT2D eigenvalue weighted by molar-refractivity contribution is 0.0225. The first-order chi connectivity index (χ1) is 13.8. The van der Waals surface area contributed by atoms with E-state index >= 15 is 0 Å². The minimum atomic E-state index is -2.82. The summed E-state index contributed by atoms with van der Waals surface area (Å²) in [7, 11) is 0. The standard InChI is InChI=1S/C27H22F2/c1-20-4-8-22(9-5-20)12-13-24-15-17-25(26(18-24)19-27(3,28)29)16-14-23-10-6-21(2)7-11-23/h4-11,15,17-18H,19H2,1-3H3. The van der Waals surface area contributed by atoms with E-state index in [2.05, 4.69) is 23.7 Å². The van der Waals surface area contributed by atoms with Gasteiger partial charge in [-0.1, -0.05) is 59.1 Å². The van der Waals surface area contributed by atoms with Gasteiger partial charge in [0.15, 0.2) is 0 Å². The van der Waals surface area contributed by atoms with E-state index in [1.807, 2.05) is 68.4 Å². The van der Waals surface area contributed by atoms with Gasteiger partial charge in [0.05, 0.1) is 0 Å². The van der Waals surface area contributed by atoms with Gasteiger partial charge >= 0.3 is 0 Å². The third-order valence-electron chi connectivity index (χ3n) is 4.40. The van der Waals surface area contributed by atoms with E-state index in [9.17, 15) is 8.78 Å². The molecule has 2 heteroatoms. The summed E-state index contributed by atoms with van der Waals surface area (Å²) in [5.74, 6) is 9.46. The van der Waals surface area contributed by atoms with Crippen molar-refractivity contribution in [3.05, 3.63) is 106 Å². The molecule has 0 nitrogen and oxygen atoms in total. The summed E-state index contributed by atoms with van der Waals surface area (Å²) in [6.07, 6.45) is -0.370. The fourth-order valence-electron chi connectivity index (χ4n) is 2.83. The van der Waals surface area contributed by atoms with Gasteiger partial charge in [0.1, 0.15) is 0 Å². The lowest BCUT2D eigenvalue weighted by Crippen LogP contribution is -2.14. The Labute approximate surface area is 171 Å². The lowest BCUT2D eigenvalue weighted by Gasteiger charge is -2.12. The predicted octanol–water partition coefficient (Wildman–Crippen LogP) is 6.30. The van der Waals surface area contributed by atoms with Crippen LogP contribution in [0.1, 0.15) is 45.9 Å². The molecule has 0 aliphatic carbocycles. The van der Waals surface area contributed by atoms with Crippen LogP contribution in [0.15, 0.2) is 66.7 Å². The maximum Gasteiger partial charge on any atom is 0.249 e. The van der Waals surface area contributed by atoms with Crippen molar-refractivity contribution in [3.8, 4) is 23.7 Å². The molecular weight excluding hydrogens is 362 g/mol. The third-order valence-corrected chi connectivity index (χ3v) is 4.40. The van der Waals surface area contributed by atoms with Crippen LogP contribution in [0.2, 0.25) is 0 Å². The number of hydrogen-bond acceptors (Lipinski definition) is 0. The van der Waals surface area contributed by atoms with Crippen LogP contribution in [0.5, 0.6) is 0 Å². The Balaban J connectivity index is 1.93. The normalized spacial score (nSPS) is 10.5. The molecule has 0 heterocycles. The molecule has 0 amide bonds. The first-order valence-corrected chi connectivity index (χ1v) is 9.47. The Morgan fingerprint density at radius 3 is 1.62 bits per heavy atom. The molecule has 0 unspecified atom stereocenters. The maximum atomic E-state index is 13.7. The minimum absolute atomic E-state index is 0.370. The first kappa shape index (κ1) is 20.4. The van der Waals surface area contributed by atoms with Crippen molar-refractivity contribution in [1.82, 2.24) is 0 Å². The topological polar surface area (TPSA) is 0 Å². The molecule has 3 rings (SSSR count). The Morgan fingerprint density at radius 2 is 1.10 bits per heavy atom. The van der Waals surface area contributed by atoms with Gasteiger partial charge in [-0.2, -0.15) is 0 Å². The van der Waals surface area contributed by atoms with Gasteiger partial charge in [-0.25, -0.2) is 8.78 Å². The van der Waals surface area contributed by atoms with Crippen LogP contribution in [0.3, 0.4) is 0 Å². The van der Waals surface area contributed by atoms with Gasteiger partial charge < -0.3 is 0 Å². The molecule has 0 spiro atoms.